The van der Waals surface area contributed by atoms with Crippen molar-refractivity contribution in [3.8, 4) is 0 Å². The fourth-order valence-corrected chi connectivity index (χ4v) is 3.36. The number of aryl methyl sites for hydroxylation is 1. The molecule has 2 heterocycles. The second-order valence-electron chi connectivity index (χ2n) is 4.58. The molecule has 0 aliphatic rings. The second kappa shape index (κ2) is 9.37. The topological polar surface area (TPSA) is 40.5 Å². The van der Waals surface area contributed by atoms with E-state index in [2.05, 4.69) is 51.0 Å². The van der Waals surface area contributed by atoms with E-state index in [1.165, 1.54) is 15.4 Å². The Balaban J connectivity index is 0.00000220. The molecule has 116 valence electrons. The molecule has 0 unspecified atom stereocenters. The van der Waals surface area contributed by atoms with Gasteiger partial charge in [-0.15, -0.1) is 35.3 Å². The third-order valence-electron chi connectivity index (χ3n) is 2.86. The molecule has 2 aromatic rings. The van der Waals surface area contributed by atoms with Gasteiger partial charge < -0.3 is 10.2 Å². The van der Waals surface area contributed by atoms with Crippen molar-refractivity contribution in [1.82, 2.24) is 15.2 Å². The number of nitrogens with one attached hydrogen (secondary N) is 1. The van der Waals surface area contributed by atoms with Crippen LogP contribution in [-0.4, -0.2) is 36.5 Å². The number of aromatic nitrogens is 1. The first-order valence-electron chi connectivity index (χ1n) is 6.53. The van der Waals surface area contributed by atoms with Gasteiger partial charge in [0.2, 0.25) is 0 Å². The average molecular weight is 436 g/mol. The molecule has 2 aromatic heterocycles. The molecule has 0 spiro atoms. The van der Waals surface area contributed by atoms with Gasteiger partial charge in [-0.25, -0.2) is 4.98 Å². The molecule has 1 N–H and O–H groups in total. The molecule has 0 saturated carbocycles. The summed E-state index contributed by atoms with van der Waals surface area (Å²) in [5, 5.41) is 8.83. The van der Waals surface area contributed by atoms with Crippen molar-refractivity contribution in [2.24, 2.45) is 4.99 Å². The van der Waals surface area contributed by atoms with Gasteiger partial charge in [0.1, 0.15) is 0 Å². The number of rotatable bonds is 5. The van der Waals surface area contributed by atoms with Gasteiger partial charge in [-0.05, 0) is 29.3 Å². The summed E-state index contributed by atoms with van der Waals surface area (Å²) in [6, 6.07) is 2.15. The molecule has 0 atom stereocenters. The highest BCUT2D eigenvalue weighted by Crippen LogP contribution is 2.11. The zero-order chi connectivity index (χ0) is 14.4. The van der Waals surface area contributed by atoms with E-state index in [4.69, 9.17) is 0 Å². The Morgan fingerprint density at radius 1 is 1.48 bits per heavy atom. The lowest BCUT2D eigenvalue weighted by atomic mass is 10.3. The fraction of sp³-hybridized carbons (Fsp3) is 0.429. The Morgan fingerprint density at radius 3 is 2.86 bits per heavy atom. The number of thiophene rings is 1. The number of hydrogen-bond acceptors (Lipinski definition) is 4. The van der Waals surface area contributed by atoms with Crippen molar-refractivity contribution in [1.29, 1.82) is 0 Å². The molecule has 7 heteroatoms. The minimum absolute atomic E-state index is 0. The molecule has 0 aliphatic carbocycles. The Morgan fingerprint density at radius 2 is 2.29 bits per heavy atom. The number of thiazole rings is 1. The summed E-state index contributed by atoms with van der Waals surface area (Å²) in [7, 11) is 3.88. The van der Waals surface area contributed by atoms with E-state index in [9.17, 15) is 0 Å². The summed E-state index contributed by atoms with van der Waals surface area (Å²) in [6.45, 7) is 3.81. The van der Waals surface area contributed by atoms with Crippen molar-refractivity contribution < 1.29 is 0 Å². The zero-order valence-corrected chi connectivity index (χ0v) is 16.5. The fourth-order valence-electron chi connectivity index (χ4n) is 1.91. The molecule has 21 heavy (non-hydrogen) atoms. The average Bonchev–Trinajstić information content (AvgIpc) is 3.06. The van der Waals surface area contributed by atoms with E-state index in [-0.39, 0.29) is 24.0 Å². The van der Waals surface area contributed by atoms with Crippen LogP contribution in [0.4, 0.5) is 0 Å². The Bertz CT molecular complexity index is 551. The largest absolute Gasteiger partial charge is 0.356 e. The van der Waals surface area contributed by atoms with Crippen LogP contribution < -0.4 is 5.32 Å². The van der Waals surface area contributed by atoms with Crippen LogP contribution in [0.15, 0.2) is 28.0 Å². The van der Waals surface area contributed by atoms with Crippen LogP contribution in [0, 0.1) is 6.92 Å². The summed E-state index contributed by atoms with van der Waals surface area (Å²) in [4.78, 5) is 12.1. The lowest BCUT2D eigenvalue weighted by Crippen LogP contribution is -2.39. The maximum absolute atomic E-state index is 4.37. The summed E-state index contributed by atoms with van der Waals surface area (Å²) in [6.07, 6.45) is 2.86. The van der Waals surface area contributed by atoms with Gasteiger partial charge in [-0.3, -0.25) is 4.99 Å². The third-order valence-corrected chi connectivity index (χ3v) is 4.57. The molecule has 0 fully saturated rings. The van der Waals surface area contributed by atoms with E-state index < -0.39 is 0 Å². The predicted molar refractivity (Wildman–Crippen MR) is 103 cm³/mol. The molecule has 0 amide bonds. The highest BCUT2D eigenvalue weighted by Gasteiger charge is 2.07. The van der Waals surface area contributed by atoms with Gasteiger partial charge in [0.15, 0.2) is 5.96 Å². The lowest BCUT2D eigenvalue weighted by molar-refractivity contribution is 0.478. The van der Waals surface area contributed by atoms with Crippen molar-refractivity contribution in [3.63, 3.8) is 0 Å². The number of guanidine groups is 1. The standard InChI is InChI=1S/C14H20N4S2.HI/c1-11-8-17-13(20-11)4-6-16-14(15-2)18(3)9-12-5-7-19-10-12;/h5,7-8,10H,4,6,9H2,1-3H3,(H,15,16);1H. The Hall–Kier alpha value is -0.670. The Labute approximate surface area is 151 Å². The lowest BCUT2D eigenvalue weighted by Gasteiger charge is -2.21. The quantitative estimate of drug-likeness (QED) is 0.444. The number of aliphatic imine (C=N–C) groups is 1. The number of halogens is 1. The minimum atomic E-state index is 0. The van der Waals surface area contributed by atoms with Crippen LogP contribution in [-0.2, 0) is 13.0 Å². The van der Waals surface area contributed by atoms with Crippen molar-refractivity contribution in [2.45, 2.75) is 19.9 Å². The molecule has 0 aromatic carbocycles. The van der Waals surface area contributed by atoms with Gasteiger partial charge >= 0.3 is 0 Å². The van der Waals surface area contributed by atoms with Gasteiger partial charge in [0, 0.05) is 44.7 Å². The summed E-state index contributed by atoms with van der Waals surface area (Å²) < 4.78 is 0. The van der Waals surface area contributed by atoms with Gasteiger partial charge in [-0.2, -0.15) is 11.3 Å². The molecule has 4 nitrogen and oxygen atoms in total. The minimum Gasteiger partial charge on any atom is -0.356 e. The summed E-state index contributed by atoms with van der Waals surface area (Å²) >= 11 is 3.48. The van der Waals surface area contributed by atoms with Crippen molar-refractivity contribution in [2.75, 3.05) is 20.6 Å². The van der Waals surface area contributed by atoms with Gasteiger partial charge in [-0.1, -0.05) is 0 Å². The van der Waals surface area contributed by atoms with Crippen LogP contribution in [0.3, 0.4) is 0 Å². The van der Waals surface area contributed by atoms with Crippen LogP contribution in [0.2, 0.25) is 0 Å². The first-order chi connectivity index (χ1) is 9.69. The maximum Gasteiger partial charge on any atom is 0.193 e. The number of hydrogen-bond donors (Lipinski definition) is 1. The molecule has 0 bridgehead atoms. The van der Waals surface area contributed by atoms with Crippen LogP contribution in [0.5, 0.6) is 0 Å². The molecule has 0 saturated heterocycles. The van der Waals surface area contributed by atoms with Crippen molar-refractivity contribution in [3.05, 3.63) is 38.5 Å². The van der Waals surface area contributed by atoms with E-state index >= 15 is 0 Å². The predicted octanol–water partition coefficient (Wildman–Crippen LogP) is 3.38. The highest BCUT2D eigenvalue weighted by atomic mass is 127. The molecule has 0 radical (unpaired) electrons. The van der Waals surface area contributed by atoms with Gasteiger partial charge in [0.25, 0.3) is 0 Å². The van der Waals surface area contributed by atoms with E-state index in [1.54, 1.807) is 22.7 Å². The van der Waals surface area contributed by atoms with E-state index in [0.29, 0.717) is 0 Å². The molecular weight excluding hydrogens is 415 g/mol. The molecule has 2 rings (SSSR count). The first-order valence-corrected chi connectivity index (χ1v) is 8.29. The van der Waals surface area contributed by atoms with Crippen molar-refractivity contribution >= 4 is 52.6 Å². The van der Waals surface area contributed by atoms with Gasteiger partial charge in [0.05, 0.1) is 5.01 Å². The van der Waals surface area contributed by atoms with Crippen LogP contribution in [0.1, 0.15) is 15.4 Å². The summed E-state index contributed by atoms with van der Waals surface area (Å²) in [5.41, 5.74) is 1.32. The number of nitrogens with zero attached hydrogens (tertiary/aromatic N) is 3. The Kier molecular flexibility index (Phi) is 8.20. The SMILES string of the molecule is CN=C(NCCc1ncc(C)s1)N(C)Cc1ccsc1.I. The summed E-state index contributed by atoms with van der Waals surface area (Å²) in [5.74, 6) is 0.921. The first kappa shape index (κ1) is 18.4. The molecular formula is C14H21IN4S2. The molecule has 0 aliphatic heterocycles. The maximum atomic E-state index is 4.37. The van der Waals surface area contributed by atoms with Crippen LogP contribution in [0.25, 0.3) is 0 Å². The normalized spacial score (nSPS) is 11.1. The monoisotopic (exact) mass is 436 g/mol. The third kappa shape index (κ3) is 5.91. The van der Waals surface area contributed by atoms with E-state index in [1.807, 2.05) is 13.2 Å². The highest BCUT2D eigenvalue weighted by molar-refractivity contribution is 14.0. The second-order valence-corrected chi connectivity index (χ2v) is 6.68. The smallest absolute Gasteiger partial charge is 0.193 e. The van der Waals surface area contributed by atoms with E-state index in [0.717, 1.165) is 25.5 Å². The zero-order valence-electron chi connectivity index (χ0n) is 12.5. The van der Waals surface area contributed by atoms with Crippen LogP contribution >= 0.6 is 46.7 Å².